The van der Waals surface area contributed by atoms with Crippen LogP contribution in [0.1, 0.15) is 29.9 Å². The number of aromatic nitrogens is 3. The number of ether oxygens (including phenoxy) is 1. The molecule has 11 heteroatoms. The summed E-state index contributed by atoms with van der Waals surface area (Å²) in [5, 5.41) is 10.2. The van der Waals surface area contributed by atoms with E-state index in [1.165, 1.54) is 39.4 Å². The van der Waals surface area contributed by atoms with Gasteiger partial charge in [-0.25, -0.2) is 17.9 Å². The second-order valence-electron chi connectivity index (χ2n) is 7.02. The highest BCUT2D eigenvalue weighted by atomic mass is 32.2. The zero-order valence-electron chi connectivity index (χ0n) is 18.3. The van der Waals surface area contributed by atoms with Gasteiger partial charge in [-0.15, -0.1) is 5.10 Å². The van der Waals surface area contributed by atoms with Crippen LogP contribution in [0.3, 0.4) is 0 Å². The van der Waals surface area contributed by atoms with Crippen molar-refractivity contribution in [3.05, 3.63) is 72.1 Å². The molecule has 33 heavy (non-hydrogen) atoms. The van der Waals surface area contributed by atoms with Crippen LogP contribution in [0.25, 0.3) is 0 Å². The van der Waals surface area contributed by atoms with E-state index in [-0.39, 0.29) is 10.6 Å². The smallest absolute Gasteiger partial charge is 0.361 e. The summed E-state index contributed by atoms with van der Waals surface area (Å²) < 4.78 is 32.9. The molecule has 0 saturated carbocycles. The minimum Gasteiger partial charge on any atom is -0.451 e. The van der Waals surface area contributed by atoms with Crippen LogP contribution in [0.15, 0.2) is 65.7 Å². The van der Waals surface area contributed by atoms with E-state index < -0.39 is 28.5 Å². The van der Waals surface area contributed by atoms with Crippen LogP contribution < -0.4 is 5.32 Å². The molecule has 2 aromatic carbocycles. The number of sulfonamides is 1. The summed E-state index contributed by atoms with van der Waals surface area (Å²) in [6.07, 6.45) is 1.45. The standard InChI is InChI=1S/C22H25N5O5S/c1-3-27(4-2)33(30,31)19-12-10-18(11-13-19)23-21(28)16-32-22(29)20-15-26(25-24-20)14-17-8-6-5-7-9-17/h5-13,15H,3-4,14,16H2,1-2H3,(H,23,28). The Morgan fingerprint density at radius 2 is 1.70 bits per heavy atom. The predicted molar refractivity (Wildman–Crippen MR) is 121 cm³/mol. The molecule has 0 atom stereocenters. The molecule has 3 aromatic rings. The summed E-state index contributed by atoms with van der Waals surface area (Å²) in [4.78, 5) is 24.4. The molecule has 0 aliphatic carbocycles. The summed E-state index contributed by atoms with van der Waals surface area (Å²) in [5.74, 6) is -1.34. The minimum absolute atomic E-state index is 0.00954. The van der Waals surface area contributed by atoms with Gasteiger partial charge in [0, 0.05) is 18.8 Å². The molecule has 1 amide bonds. The molecule has 0 radical (unpaired) electrons. The molecule has 3 rings (SSSR count). The van der Waals surface area contributed by atoms with Crippen LogP contribution in [-0.4, -0.2) is 59.3 Å². The first-order valence-electron chi connectivity index (χ1n) is 10.3. The maximum absolute atomic E-state index is 12.5. The molecule has 1 aromatic heterocycles. The SMILES string of the molecule is CCN(CC)S(=O)(=O)c1ccc(NC(=O)COC(=O)c2cn(Cc3ccccc3)nn2)cc1. The molecule has 174 valence electrons. The molecular weight excluding hydrogens is 446 g/mol. The lowest BCUT2D eigenvalue weighted by Gasteiger charge is -2.18. The van der Waals surface area contributed by atoms with Gasteiger partial charge in [0.1, 0.15) is 0 Å². The number of anilines is 1. The quantitative estimate of drug-likeness (QED) is 0.449. The van der Waals surface area contributed by atoms with Crippen LogP contribution in [0, 0.1) is 0 Å². The van der Waals surface area contributed by atoms with Gasteiger partial charge in [0.25, 0.3) is 5.91 Å². The van der Waals surface area contributed by atoms with Crippen LogP contribution >= 0.6 is 0 Å². The molecule has 1 N–H and O–H groups in total. The average molecular weight is 472 g/mol. The van der Waals surface area contributed by atoms with Crippen molar-refractivity contribution >= 4 is 27.6 Å². The first-order valence-corrected chi connectivity index (χ1v) is 11.8. The molecule has 0 aliphatic rings. The average Bonchev–Trinajstić information content (AvgIpc) is 3.28. The van der Waals surface area contributed by atoms with Crippen LogP contribution in [0.5, 0.6) is 0 Å². The Balaban J connectivity index is 1.52. The summed E-state index contributed by atoms with van der Waals surface area (Å²) in [5.41, 5.74) is 1.37. The van der Waals surface area contributed by atoms with Crippen molar-refractivity contribution in [1.29, 1.82) is 0 Å². The lowest BCUT2D eigenvalue weighted by molar-refractivity contribution is -0.119. The highest BCUT2D eigenvalue weighted by molar-refractivity contribution is 7.89. The lowest BCUT2D eigenvalue weighted by atomic mass is 10.2. The van der Waals surface area contributed by atoms with Gasteiger partial charge in [-0.1, -0.05) is 49.4 Å². The molecule has 10 nitrogen and oxygen atoms in total. The van der Waals surface area contributed by atoms with E-state index in [1.807, 2.05) is 30.3 Å². The fourth-order valence-electron chi connectivity index (χ4n) is 3.06. The van der Waals surface area contributed by atoms with E-state index in [2.05, 4.69) is 15.6 Å². The van der Waals surface area contributed by atoms with Crippen molar-refractivity contribution in [2.45, 2.75) is 25.3 Å². The highest BCUT2D eigenvalue weighted by Crippen LogP contribution is 2.18. The third-order valence-electron chi connectivity index (χ3n) is 4.75. The van der Waals surface area contributed by atoms with Gasteiger partial charge in [0.05, 0.1) is 17.6 Å². The van der Waals surface area contributed by atoms with E-state index >= 15 is 0 Å². The number of esters is 1. The second-order valence-corrected chi connectivity index (χ2v) is 8.96. The van der Waals surface area contributed by atoms with E-state index in [1.54, 1.807) is 13.8 Å². The molecular formula is C22H25N5O5S. The first kappa shape index (κ1) is 24.1. The van der Waals surface area contributed by atoms with Crippen molar-refractivity contribution in [3.63, 3.8) is 0 Å². The van der Waals surface area contributed by atoms with Gasteiger partial charge in [-0.05, 0) is 29.8 Å². The van der Waals surface area contributed by atoms with E-state index in [0.717, 1.165) is 5.56 Å². The fourth-order valence-corrected chi connectivity index (χ4v) is 4.52. The van der Waals surface area contributed by atoms with Gasteiger partial charge >= 0.3 is 5.97 Å². The van der Waals surface area contributed by atoms with Crippen molar-refractivity contribution in [1.82, 2.24) is 19.3 Å². The topological polar surface area (TPSA) is 123 Å². The Hall–Kier alpha value is -3.57. The third kappa shape index (κ3) is 6.24. The van der Waals surface area contributed by atoms with Gasteiger partial charge in [0.2, 0.25) is 10.0 Å². The third-order valence-corrected chi connectivity index (χ3v) is 6.81. The Labute approximate surface area is 192 Å². The maximum atomic E-state index is 12.5. The number of carbonyl (C=O) groups excluding carboxylic acids is 2. The highest BCUT2D eigenvalue weighted by Gasteiger charge is 2.21. The molecule has 1 heterocycles. The summed E-state index contributed by atoms with van der Waals surface area (Å²) >= 11 is 0. The Kier molecular flexibility index (Phi) is 7.91. The molecule has 0 saturated heterocycles. The number of nitrogens with one attached hydrogen (secondary N) is 1. The number of benzene rings is 2. The first-order chi connectivity index (χ1) is 15.8. The number of rotatable bonds is 10. The van der Waals surface area contributed by atoms with Crippen molar-refractivity contribution in [2.75, 3.05) is 25.0 Å². The maximum Gasteiger partial charge on any atom is 0.361 e. The largest absolute Gasteiger partial charge is 0.451 e. The van der Waals surface area contributed by atoms with Crippen LogP contribution in [0.2, 0.25) is 0 Å². The van der Waals surface area contributed by atoms with Crippen molar-refractivity contribution < 1.29 is 22.7 Å². The van der Waals surface area contributed by atoms with Crippen molar-refractivity contribution in [3.8, 4) is 0 Å². The predicted octanol–water partition coefficient (Wildman–Crippen LogP) is 2.15. The second kappa shape index (κ2) is 10.8. The number of amides is 1. The number of nitrogens with zero attached hydrogens (tertiary/aromatic N) is 4. The molecule has 0 unspecified atom stereocenters. The van der Waals surface area contributed by atoms with Gasteiger partial charge in [-0.3, -0.25) is 4.79 Å². The molecule has 0 bridgehead atoms. The molecule has 0 fully saturated rings. The summed E-state index contributed by atoms with van der Waals surface area (Å²) in [7, 11) is -3.58. The molecule has 0 aliphatic heterocycles. The van der Waals surface area contributed by atoms with Gasteiger partial charge in [0.15, 0.2) is 12.3 Å². The Morgan fingerprint density at radius 1 is 1.03 bits per heavy atom. The Morgan fingerprint density at radius 3 is 2.33 bits per heavy atom. The molecule has 0 spiro atoms. The summed E-state index contributed by atoms with van der Waals surface area (Å²) in [6, 6.07) is 15.3. The van der Waals surface area contributed by atoms with Crippen LogP contribution in [-0.2, 0) is 26.1 Å². The van der Waals surface area contributed by atoms with Gasteiger partial charge in [-0.2, -0.15) is 4.31 Å². The van der Waals surface area contributed by atoms with E-state index in [4.69, 9.17) is 4.74 Å². The fraction of sp³-hybridized carbons (Fsp3) is 0.273. The Bertz CT molecular complexity index is 1190. The zero-order valence-corrected chi connectivity index (χ0v) is 19.2. The van der Waals surface area contributed by atoms with Crippen LogP contribution in [0.4, 0.5) is 5.69 Å². The normalized spacial score (nSPS) is 11.4. The number of hydrogen-bond donors (Lipinski definition) is 1. The number of hydrogen-bond acceptors (Lipinski definition) is 7. The monoisotopic (exact) mass is 471 g/mol. The van der Waals surface area contributed by atoms with Crippen molar-refractivity contribution in [2.24, 2.45) is 0 Å². The zero-order chi connectivity index (χ0) is 23.8. The summed E-state index contributed by atoms with van der Waals surface area (Å²) in [6.45, 7) is 4.18. The van der Waals surface area contributed by atoms with Gasteiger partial charge < -0.3 is 10.1 Å². The number of carbonyl (C=O) groups is 2. The van der Waals surface area contributed by atoms with E-state index in [9.17, 15) is 18.0 Å². The minimum atomic E-state index is -3.58. The lowest BCUT2D eigenvalue weighted by Crippen LogP contribution is -2.30. The van der Waals surface area contributed by atoms with E-state index in [0.29, 0.717) is 25.3 Å².